The Kier molecular flexibility index (Phi) is 4.73. The summed E-state index contributed by atoms with van der Waals surface area (Å²) in [5, 5.41) is 0.689. The average Bonchev–Trinajstić information content (AvgIpc) is 2.35. The standard InChI is InChI=1S/C14H18ClNO3S/c1-11-4-5-12-6-7-13(15)10-14(12)16(11)8-2-3-9-20(17,18)19/h4-7,10-11H,2-3,8-9H2,1H3,(H,17,18,19). The van der Waals surface area contributed by atoms with E-state index in [0.29, 0.717) is 17.9 Å². The van der Waals surface area contributed by atoms with E-state index in [0.717, 1.165) is 17.8 Å². The second-order valence-electron chi connectivity index (χ2n) is 4.99. The van der Waals surface area contributed by atoms with Crippen molar-refractivity contribution in [2.75, 3.05) is 17.2 Å². The molecule has 1 aromatic rings. The maximum Gasteiger partial charge on any atom is 0.264 e. The summed E-state index contributed by atoms with van der Waals surface area (Å²) in [6.07, 6.45) is 5.33. The fourth-order valence-electron chi connectivity index (χ4n) is 2.36. The summed E-state index contributed by atoms with van der Waals surface area (Å²) >= 11 is 6.05. The zero-order valence-corrected chi connectivity index (χ0v) is 12.9. The molecular formula is C14H18ClNO3S. The van der Waals surface area contributed by atoms with Gasteiger partial charge < -0.3 is 4.90 Å². The lowest BCUT2D eigenvalue weighted by Gasteiger charge is -2.34. The summed E-state index contributed by atoms with van der Waals surface area (Å²) in [6, 6.07) is 6.01. The predicted octanol–water partition coefficient (Wildman–Crippen LogP) is 3.23. The van der Waals surface area contributed by atoms with Crippen molar-refractivity contribution in [3.8, 4) is 0 Å². The molecule has 1 unspecified atom stereocenters. The third kappa shape index (κ3) is 3.98. The van der Waals surface area contributed by atoms with E-state index < -0.39 is 10.1 Å². The van der Waals surface area contributed by atoms with E-state index in [-0.39, 0.29) is 11.8 Å². The van der Waals surface area contributed by atoms with Crippen molar-refractivity contribution in [3.05, 3.63) is 34.9 Å². The van der Waals surface area contributed by atoms with E-state index in [9.17, 15) is 8.42 Å². The van der Waals surface area contributed by atoms with Crippen LogP contribution in [-0.2, 0) is 10.1 Å². The monoisotopic (exact) mass is 315 g/mol. The number of hydrogen-bond donors (Lipinski definition) is 1. The highest BCUT2D eigenvalue weighted by Gasteiger charge is 2.19. The molecule has 1 heterocycles. The van der Waals surface area contributed by atoms with Crippen molar-refractivity contribution < 1.29 is 13.0 Å². The summed E-state index contributed by atoms with van der Waals surface area (Å²) in [5.41, 5.74) is 2.18. The lowest BCUT2D eigenvalue weighted by molar-refractivity contribution is 0.480. The van der Waals surface area contributed by atoms with Crippen LogP contribution in [0, 0.1) is 0 Å². The largest absolute Gasteiger partial charge is 0.365 e. The van der Waals surface area contributed by atoms with Gasteiger partial charge in [0.15, 0.2) is 0 Å². The van der Waals surface area contributed by atoms with Crippen LogP contribution in [0.15, 0.2) is 24.3 Å². The van der Waals surface area contributed by atoms with Gasteiger partial charge in [0, 0.05) is 23.3 Å². The molecule has 1 aliphatic rings. The first-order chi connectivity index (χ1) is 9.37. The van der Waals surface area contributed by atoms with Crippen LogP contribution in [0.2, 0.25) is 5.02 Å². The summed E-state index contributed by atoms with van der Waals surface area (Å²) in [4.78, 5) is 2.20. The van der Waals surface area contributed by atoms with Gasteiger partial charge in [0.2, 0.25) is 0 Å². The van der Waals surface area contributed by atoms with Crippen LogP contribution < -0.4 is 4.90 Å². The SMILES string of the molecule is CC1C=Cc2ccc(Cl)cc2N1CCCCS(=O)(=O)O. The second kappa shape index (κ2) is 6.16. The maximum atomic E-state index is 10.7. The third-order valence-electron chi connectivity index (χ3n) is 3.40. The van der Waals surface area contributed by atoms with Crippen LogP contribution in [0.3, 0.4) is 0 Å². The molecule has 1 aliphatic heterocycles. The van der Waals surface area contributed by atoms with Gasteiger partial charge >= 0.3 is 0 Å². The first kappa shape index (κ1) is 15.4. The highest BCUT2D eigenvalue weighted by Crippen LogP contribution is 2.31. The summed E-state index contributed by atoms with van der Waals surface area (Å²) < 4.78 is 30.1. The Hall–Kier alpha value is -1.04. The Labute approximate surface area is 124 Å². The van der Waals surface area contributed by atoms with E-state index in [4.69, 9.17) is 16.2 Å². The van der Waals surface area contributed by atoms with Crippen LogP contribution in [0.1, 0.15) is 25.3 Å². The Balaban J connectivity index is 2.04. The Morgan fingerprint density at radius 3 is 2.80 bits per heavy atom. The molecule has 4 nitrogen and oxygen atoms in total. The number of nitrogens with zero attached hydrogens (tertiary/aromatic N) is 1. The molecule has 2 rings (SSSR count). The molecule has 110 valence electrons. The number of unbranched alkanes of at least 4 members (excludes halogenated alkanes) is 1. The average molecular weight is 316 g/mol. The van der Waals surface area contributed by atoms with E-state index in [1.165, 1.54) is 0 Å². The van der Waals surface area contributed by atoms with Crippen LogP contribution in [-0.4, -0.2) is 31.3 Å². The summed E-state index contributed by atoms with van der Waals surface area (Å²) in [7, 11) is -3.86. The van der Waals surface area contributed by atoms with Crippen LogP contribution >= 0.6 is 11.6 Å². The van der Waals surface area contributed by atoms with Crippen molar-refractivity contribution >= 4 is 33.5 Å². The molecule has 0 fully saturated rings. The molecule has 1 atom stereocenters. The number of halogens is 1. The minimum absolute atomic E-state index is 0.187. The molecule has 0 bridgehead atoms. The van der Waals surface area contributed by atoms with E-state index in [1.807, 2.05) is 18.2 Å². The molecule has 1 N–H and O–H groups in total. The van der Waals surface area contributed by atoms with Crippen molar-refractivity contribution in [1.29, 1.82) is 0 Å². The smallest absolute Gasteiger partial charge is 0.264 e. The van der Waals surface area contributed by atoms with Crippen molar-refractivity contribution in [1.82, 2.24) is 0 Å². The first-order valence-electron chi connectivity index (χ1n) is 6.56. The van der Waals surface area contributed by atoms with Gasteiger partial charge in [0.25, 0.3) is 10.1 Å². The zero-order valence-electron chi connectivity index (χ0n) is 11.3. The number of hydrogen-bond acceptors (Lipinski definition) is 3. The first-order valence-corrected chi connectivity index (χ1v) is 8.55. The second-order valence-corrected chi connectivity index (χ2v) is 7.00. The lowest BCUT2D eigenvalue weighted by Crippen LogP contribution is -2.35. The molecular weight excluding hydrogens is 298 g/mol. The molecule has 0 aliphatic carbocycles. The van der Waals surface area contributed by atoms with Crippen molar-refractivity contribution in [3.63, 3.8) is 0 Å². The Morgan fingerprint density at radius 2 is 2.10 bits per heavy atom. The lowest BCUT2D eigenvalue weighted by atomic mass is 10.0. The summed E-state index contributed by atoms with van der Waals surface area (Å²) in [6.45, 7) is 2.82. The molecule has 0 amide bonds. The molecule has 0 spiro atoms. The fraction of sp³-hybridized carbons (Fsp3) is 0.429. The number of fused-ring (bicyclic) bond motifs is 1. The van der Waals surface area contributed by atoms with Crippen LogP contribution in [0.5, 0.6) is 0 Å². The Morgan fingerprint density at radius 1 is 1.35 bits per heavy atom. The van der Waals surface area contributed by atoms with Crippen LogP contribution in [0.25, 0.3) is 6.08 Å². The van der Waals surface area contributed by atoms with Crippen molar-refractivity contribution in [2.45, 2.75) is 25.8 Å². The zero-order chi connectivity index (χ0) is 14.8. The molecule has 20 heavy (non-hydrogen) atoms. The molecule has 0 saturated carbocycles. The molecule has 0 radical (unpaired) electrons. The van der Waals surface area contributed by atoms with Gasteiger partial charge in [-0.3, -0.25) is 4.55 Å². The Bertz CT molecular complexity index is 613. The maximum absolute atomic E-state index is 10.7. The molecule has 0 aromatic heterocycles. The minimum Gasteiger partial charge on any atom is -0.365 e. The predicted molar refractivity (Wildman–Crippen MR) is 82.9 cm³/mol. The normalized spacial score (nSPS) is 18.1. The molecule has 1 aromatic carbocycles. The van der Waals surface area contributed by atoms with Gasteiger partial charge in [-0.25, -0.2) is 0 Å². The fourth-order valence-corrected chi connectivity index (χ4v) is 3.10. The van der Waals surface area contributed by atoms with E-state index >= 15 is 0 Å². The van der Waals surface area contributed by atoms with Gasteiger partial charge in [0.05, 0.1) is 5.75 Å². The highest BCUT2D eigenvalue weighted by molar-refractivity contribution is 7.85. The van der Waals surface area contributed by atoms with Gasteiger partial charge in [-0.05, 0) is 37.5 Å². The molecule has 6 heteroatoms. The van der Waals surface area contributed by atoms with Crippen molar-refractivity contribution in [2.24, 2.45) is 0 Å². The van der Waals surface area contributed by atoms with Gasteiger partial charge in [-0.1, -0.05) is 29.8 Å². The van der Waals surface area contributed by atoms with Gasteiger partial charge in [0.1, 0.15) is 0 Å². The van der Waals surface area contributed by atoms with Gasteiger partial charge in [-0.2, -0.15) is 8.42 Å². The van der Waals surface area contributed by atoms with Crippen LogP contribution in [0.4, 0.5) is 5.69 Å². The number of rotatable bonds is 5. The van der Waals surface area contributed by atoms with Gasteiger partial charge in [-0.15, -0.1) is 0 Å². The molecule has 0 saturated heterocycles. The highest BCUT2D eigenvalue weighted by atomic mass is 35.5. The number of benzene rings is 1. The van der Waals surface area contributed by atoms with E-state index in [1.54, 1.807) is 0 Å². The topological polar surface area (TPSA) is 57.6 Å². The van der Waals surface area contributed by atoms with E-state index in [2.05, 4.69) is 24.0 Å². The third-order valence-corrected chi connectivity index (χ3v) is 4.44. The quantitative estimate of drug-likeness (QED) is 0.669. The number of anilines is 1. The minimum atomic E-state index is -3.86. The summed E-state index contributed by atoms with van der Waals surface area (Å²) in [5.74, 6) is -0.187.